The zero-order valence-electron chi connectivity index (χ0n) is 13.1. The Morgan fingerprint density at radius 1 is 1.22 bits per heavy atom. The molecule has 0 N–H and O–H groups in total. The lowest BCUT2D eigenvalue weighted by atomic mass is 10.1. The Bertz CT molecular complexity index is 621. The number of rotatable bonds is 3. The van der Waals surface area contributed by atoms with Gasteiger partial charge in [0.2, 0.25) is 5.91 Å². The van der Waals surface area contributed by atoms with Crippen LogP contribution in [0.5, 0.6) is 0 Å². The number of thiophene rings is 1. The molecule has 2 aliphatic rings. The lowest BCUT2D eigenvalue weighted by molar-refractivity contribution is -0.139. The maximum atomic E-state index is 12.7. The van der Waals surface area contributed by atoms with Gasteiger partial charge >= 0.3 is 0 Å². The summed E-state index contributed by atoms with van der Waals surface area (Å²) < 4.78 is 5.28. The minimum absolute atomic E-state index is 0.0150. The average Bonchev–Trinajstić information content (AvgIpc) is 3.23. The van der Waals surface area contributed by atoms with Gasteiger partial charge in [-0.2, -0.15) is 0 Å². The van der Waals surface area contributed by atoms with E-state index in [1.54, 1.807) is 21.2 Å². The fourth-order valence-electron chi connectivity index (χ4n) is 3.06. The Balaban J connectivity index is 1.73. The van der Waals surface area contributed by atoms with E-state index < -0.39 is 0 Å². The average molecular weight is 336 g/mol. The maximum Gasteiger partial charge on any atom is 0.255 e. The van der Waals surface area contributed by atoms with Crippen molar-refractivity contribution < 1.29 is 19.1 Å². The summed E-state index contributed by atoms with van der Waals surface area (Å²) >= 11 is 1.27. The van der Waals surface area contributed by atoms with Crippen molar-refractivity contribution in [2.45, 2.75) is 25.8 Å². The number of hydrogen-bond donors (Lipinski definition) is 0. The first-order valence-electron chi connectivity index (χ1n) is 7.85. The van der Waals surface area contributed by atoms with Crippen molar-refractivity contribution in [2.75, 3.05) is 32.8 Å². The number of nitrogens with zero attached hydrogens (tertiary/aromatic N) is 2. The maximum absolute atomic E-state index is 12.7. The van der Waals surface area contributed by atoms with Crippen molar-refractivity contribution in [3.8, 4) is 0 Å². The van der Waals surface area contributed by atoms with Crippen LogP contribution in [0.15, 0.2) is 11.4 Å². The van der Waals surface area contributed by atoms with Gasteiger partial charge in [-0.3, -0.25) is 14.4 Å². The van der Waals surface area contributed by atoms with Crippen molar-refractivity contribution in [3.05, 3.63) is 21.9 Å². The van der Waals surface area contributed by atoms with Gasteiger partial charge in [0.05, 0.1) is 23.7 Å². The highest BCUT2D eigenvalue weighted by molar-refractivity contribution is 7.12. The molecule has 1 aromatic rings. The molecule has 0 aliphatic carbocycles. The molecule has 23 heavy (non-hydrogen) atoms. The highest BCUT2D eigenvalue weighted by atomic mass is 32.1. The number of ketones is 1. The molecule has 7 heteroatoms. The zero-order chi connectivity index (χ0) is 16.4. The van der Waals surface area contributed by atoms with Gasteiger partial charge < -0.3 is 14.5 Å². The predicted octanol–water partition coefficient (Wildman–Crippen LogP) is 1.41. The lowest BCUT2D eigenvalue weighted by Crippen LogP contribution is -2.51. The Kier molecular flexibility index (Phi) is 4.77. The standard InChI is InChI=1S/C16H20N2O4S/c1-11(19)14-9-12(10-23-14)15(20)18-4-2-3-13(18)16(21)17-5-7-22-8-6-17/h9-10,13H,2-8H2,1H3/t13-/m0/s1. The minimum atomic E-state index is -0.388. The number of carbonyl (C=O) groups excluding carboxylic acids is 3. The third-order valence-electron chi connectivity index (χ3n) is 4.31. The molecule has 2 fully saturated rings. The van der Waals surface area contributed by atoms with E-state index in [9.17, 15) is 14.4 Å². The second-order valence-electron chi connectivity index (χ2n) is 5.85. The molecule has 0 radical (unpaired) electrons. The van der Waals surface area contributed by atoms with E-state index in [-0.39, 0.29) is 23.6 Å². The smallest absolute Gasteiger partial charge is 0.255 e. The first kappa shape index (κ1) is 16.1. The topological polar surface area (TPSA) is 66.9 Å². The molecule has 6 nitrogen and oxygen atoms in total. The summed E-state index contributed by atoms with van der Waals surface area (Å²) in [6.07, 6.45) is 1.53. The minimum Gasteiger partial charge on any atom is -0.378 e. The van der Waals surface area contributed by atoms with Gasteiger partial charge in [0.15, 0.2) is 5.78 Å². The number of amides is 2. The molecule has 0 bridgehead atoms. The summed E-state index contributed by atoms with van der Waals surface area (Å²) in [5, 5.41) is 1.70. The monoisotopic (exact) mass is 336 g/mol. The molecule has 0 aromatic carbocycles. The Labute approximate surface area is 139 Å². The highest BCUT2D eigenvalue weighted by Crippen LogP contribution is 2.24. The van der Waals surface area contributed by atoms with Crippen LogP contribution in [-0.4, -0.2) is 66.3 Å². The second-order valence-corrected chi connectivity index (χ2v) is 6.76. The van der Waals surface area contributed by atoms with Gasteiger partial charge in [-0.25, -0.2) is 0 Å². The summed E-state index contributed by atoms with van der Waals surface area (Å²) in [4.78, 5) is 40.8. The van der Waals surface area contributed by atoms with Gasteiger partial charge in [-0.1, -0.05) is 0 Å². The molecule has 2 saturated heterocycles. The number of hydrogen-bond acceptors (Lipinski definition) is 5. The van der Waals surface area contributed by atoms with Crippen LogP contribution in [0.1, 0.15) is 39.8 Å². The number of carbonyl (C=O) groups is 3. The molecule has 2 aliphatic heterocycles. The number of likely N-dealkylation sites (tertiary alicyclic amines) is 1. The van der Waals surface area contributed by atoms with Crippen molar-refractivity contribution >= 4 is 28.9 Å². The number of morpholine rings is 1. The largest absolute Gasteiger partial charge is 0.378 e. The zero-order valence-corrected chi connectivity index (χ0v) is 13.9. The van der Waals surface area contributed by atoms with Crippen LogP contribution in [0.25, 0.3) is 0 Å². The molecule has 3 heterocycles. The van der Waals surface area contributed by atoms with E-state index in [4.69, 9.17) is 4.74 Å². The summed E-state index contributed by atoms with van der Waals surface area (Å²) in [6, 6.07) is 1.24. The molecule has 3 rings (SSSR count). The predicted molar refractivity (Wildman–Crippen MR) is 85.8 cm³/mol. The Morgan fingerprint density at radius 3 is 2.61 bits per heavy atom. The molecule has 0 spiro atoms. The molecule has 2 amide bonds. The third kappa shape index (κ3) is 3.30. The normalized spacial score (nSPS) is 21.5. The van der Waals surface area contributed by atoms with Gasteiger partial charge in [0, 0.05) is 25.0 Å². The molecular formula is C16H20N2O4S. The summed E-state index contributed by atoms with van der Waals surface area (Å²) in [5.74, 6) is -0.185. The Hall–Kier alpha value is -1.73. The van der Waals surface area contributed by atoms with Crippen LogP contribution in [0.4, 0.5) is 0 Å². The van der Waals surface area contributed by atoms with E-state index in [1.807, 2.05) is 0 Å². The fourth-order valence-corrected chi connectivity index (χ4v) is 3.84. The van der Waals surface area contributed by atoms with Crippen LogP contribution in [0.3, 0.4) is 0 Å². The van der Waals surface area contributed by atoms with E-state index in [2.05, 4.69) is 0 Å². The van der Waals surface area contributed by atoms with Crippen LogP contribution in [-0.2, 0) is 9.53 Å². The first-order chi connectivity index (χ1) is 11.1. The second kappa shape index (κ2) is 6.80. The van der Waals surface area contributed by atoms with Crippen LogP contribution < -0.4 is 0 Å². The quantitative estimate of drug-likeness (QED) is 0.783. The summed E-state index contributed by atoms with van der Waals surface area (Å²) in [7, 11) is 0. The van der Waals surface area contributed by atoms with Crippen LogP contribution in [0, 0.1) is 0 Å². The SMILES string of the molecule is CC(=O)c1cc(C(=O)N2CCC[C@H]2C(=O)N2CCOCC2)cs1. The summed E-state index contributed by atoms with van der Waals surface area (Å²) in [5.41, 5.74) is 0.502. The third-order valence-corrected chi connectivity index (χ3v) is 5.35. The number of Topliss-reactive ketones (excluding diaryl/α,β-unsaturated/α-hetero) is 1. The highest BCUT2D eigenvalue weighted by Gasteiger charge is 2.37. The molecule has 1 atom stereocenters. The van der Waals surface area contributed by atoms with E-state index in [0.717, 1.165) is 6.42 Å². The molecule has 1 aromatic heterocycles. The van der Waals surface area contributed by atoms with Gasteiger partial charge in [-0.15, -0.1) is 11.3 Å². The van der Waals surface area contributed by atoms with E-state index >= 15 is 0 Å². The van der Waals surface area contributed by atoms with Gasteiger partial charge in [0.25, 0.3) is 5.91 Å². The van der Waals surface area contributed by atoms with Gasteiger partial charge in [0.1, 0.15) is 6.04 Å². The fraction of sp³-hybridized carbons (Fsp3) is 0.562. The van der Waals surface area contributed by atoms with Crippen LogP contribution >= 0.6 is 11.3 Å². The van der Waals surface area contributed by atoms with Crippen molar-refractivity contribution in [2.24, 2.45) is 0 Å². The first-order valence-corrected chi connectivity index (χ1v) is 8.73. The van der Waals surface area contributed by atoms with Crippen LogP contribution in [0.2, 0.25) is 0 Å². The molecular weight excluding hydrogens is 316 g/mol. The van der Waals surface area contributed by atoms with Gasteiger partial charge in [-0.05, 0) is 25.8 Å². The van der Waals surface area contributed by atoms with E-state index in [0.29, 0.717) is 49.7 Å². The Morgan fingerprint density at radius 2 is 1.96 bits per heavy atom. The van der Waals surface area contributed by atoms with Crippen molar-refractivity contribution in [1.29, 1.82) is 0 Å². The molecule has 124 valence electrons. The lowest BCUT2D eigenvalue weighted by Gasteiger charge is -2.32. The molecule has 0 unspecified atom stereocenters. The van der Waals surface area contributed by atoms with Crippen molar-refractivity contribution in [3.63, 3.8) is 0 Å². The molecule has 0 saturated carbocycles. The van der Waals surface area contributed by atoms with E-state index in [1.165, 1.54) is 18.3 Å². The van der Waals surface area contributed by atoms with Crippen molar-refractivity contribution in [1.82, 2.24) is 9.80 Å². The number of ether oxygens (including phenoxy) is 1. The summed E-state index contributed by atoms with van der Waals surface area (Å²) in [6.45, 7) is 4.36.